The fraction of sp³-hybridized carbons (Fsp3) is 0.0625. The van der Waals surface area contributed by atoms with Gasteiger partial charge in [-0.1, -0.05) is 17.3 Å². The molecule has 3 rings (SSSR count). The fourth-order valence-corrected chi connectivity index (χ4v) is 2.58. The number of ether oxygens (including phenoxy) is 1. The zero-order chi connectivity index (χ0) is 16.2. The van der Waals surface area contributed by atoms with Crippen LogP contribution in [0.2, 0.25) is 0 Å². The molecule has 0 aliphatic rings. The molecule has 0 radical (unpaired) electrons. The molecule has 1 N–H and O–H groups in total. The van der Waals surface area contributed by atoms with Crippen molar-refractivity contribution in [3.05, 3.63) is 47.2 Å². The molecule has 2 aromatic heterocycles. The van der Waals surface area contributed by atoms with Crippen LogP contribution in [0.4, 0.5) is 0 Å². The van der Waals surface area contributed by atoms with Gasteiger partial charge in [0.25, 0.3) is 5.89 Å². The predicted octanol–water partition coefficient (Wildman–Crippen LogP) is 3.58. The first kappa shape index (κ1) is 14.8. The van der Waals surface area contributed by atoms with E-state index in [4.69, 9.17) is 9.26 Å². The van der Waals surface area contributed by atoms with Gasteiger partial charge in [-0.15, -0.1) is 11.3 Å². The number of phenolic OH excluding ortho intramolecular Hbond substituents is 1. The summed E-state index contributed by atoms with van der Waals surface area (Å²) in [5.74, 6) is 0.934. The zero-order valence-electron chi connectivity index (χ0n) is 12.1. The Hall–Kier alpha value is -3.11. The van der Waals surface area contributed by atoms with Crippen LogP contribution in [-0.2, 0) is 0 Å². The Kier molecular flexibility index (Phi) is 4.08. The van der Waals surface area contributed by atoms with Crippen LogP contribution in [0.1, 0.15) is 11.5 Å². The molecule has 0 atom stereocenters. The van der Waals surface area contributed by atoms with Crippen molar-refractivity contribution in [1.82, 2.24) is 10.1 Å². The number of thiophene rings is 1. The van der Waals surface area contributed by atoms with Gasteiger partial charge in [0.1, 0.15) is 11.6 Å². The number of nitrogens with zero attached hydrogens (tertiary/aromatic N) is 3. The highest BCUT2D eigenvalue weighted by molar-refractivity contribution is 7.13. The van der Waals surface area contributed by atoms with Gasteiger partial charge in [0.05, 0.1) is 12.0 Å². The average Bonchev–Trinajstić information content (AvgIpc) is 3.25. The summed E-state index contributed by atoms with van der Waals surface area (Å²) in [5.41, 5.74) is 0.903. The van der Waals surface area contributed by atoms with Crippen LogP contribution >= 0.6 is 11.3 Å². The molecular weight excluding hydrogens is 314 g/mol. The fourth-order valence-electron chi connectivity index (χ4n) is 1.93. The molecule has 7 heteroatoms. The quantitative estimate of drug-likeness (QED) is 0.737. The summed E-state index contributed by atoms with van der Waals surface area (Å²) in [6.45, 7) is 0. The van der Waals surface area contributed by atoms with E-state index < -0.39 is 0 Å². The number of rotatable bonds is 4. The van der Waals surface area contributed by atoms with Gasteiger partial charge in [0, 0.05) is 0 Å². The Balaban J connectivity index is 1.95. The van der Waals surface area contributed by atoms with E-state index >= 15 is 0 Å². The van der Waals surface area contributed by atoms with Gasteiger partial charge in [-0.3, -0.25) is 0 Å². The van der Waals surface area contributed by atoms with Crippen molar-refractivity contribution in [2.45, 2.75) is 0 Å². The van der Waals surface area contributed by atoms with Crippen LogP contribution in [0.25, 0.3) is 22.4 Å². The van der Waals surface area contributed by atoms with Gasteiger partial charge >= 0.3 is 0 Å². The molecule has 2 heterocycles. The number of methoxy groups -OCH3 is 1. The number of nitriles is 1. The van der Waals surface area contributed by atoms with Crippen LogP contribution in [0.15, 0.2) is 40.2 Å². The highest BCUT2D eigenvalue weighted by atomic mass is 32.1. The first-order valence-electron chi connectivity index (χ1n) is 6.58. The SMILES string of the molecule is COc1cc(/C=C(\C#N)c2nc(-c3cccs3)no2)ccc1O. The van der Waals surface area contributed by atoms with E-state index in [1.165, 1.54) is 24.5 Å². The smallest absolute Gasteiger partial charge is 0.268 e. The van der Waals surface area contributed by atoms with Gasteiger partial charge < -0.3 is 14.4 Å². The lowest BCUT2D eigenvalue weighted by Gasteiger charge is -2.03. The van der Waals surface area contributed by atoms with Crippen molar-refractivity contribution < 1.29 is 14.4 Å². The van der Waals surface area contributed by atoms with Crippen molar-refractivity contribution in [2.24, 2.45) is 0 Å². The highest BCUT2D eigenvalue weighted by Crippen LogP contribution is 2.29. The predicted molar refractivity (Wildman–Crippen MR) is 85.8 cm³/mol. The summed E-state index contributed by atoms with van der Waals surface area (Å²) in [6, 6.07) is 10.6. The summed E-state index contributed by atoms with van der Waals surface area (Å²) in [5, 5.41) is 24.7. The highest BCUT2D eigenvalue weighted by Gasteiger charge is 2.14. The Morgan fingerprint density at radius 3 is 3.00 bits per heavy atom. The number of aromatic nitrogens is 2. The standard InChI is InChI=1S/C16H11N3O3S/c1-21-13-8-10(4-5-12(13)20)7-11(9-17)16-18-15(19-22-16)14-3-2-6-23-14/h2-8,20H,1H3/b11-7+. The normalized spacial score (nSPS) is 11.2. The van der Waals surface area contributed by atoms with Crippen LogP contribution in [0.3, 0.4) is 0 Å². The maximum atomic E-state index is 9.60. The topological polar surface area (TPSA) is 92.2 Å². The number of hydrogen-bond acceptors (Lipinski definition) is 7. The first-order valence-corrected chi connectivity index (χ1v) is 7.46. The molecule has 6 nitrogen and oxygen atoms in total. The molecule has 0 saturated heterocycles. The number of allylic oxidation sites excluding steroid dienone is 1. The van der Waals surface area contributed by atoms with Crippen molar-refractivity contribution in [3.8, 4) is 28.3 Å². The second-order valence-electron chi connectivity index (χ2n) is 4.50. The molecule has 114 valence electrons. The van der Waals surface area contributed by atoms with Crippen molar-refractivity contribution >= 4 is 23.0 Å². The third-order valence-corrected chi connectivity index (χ3v) is 3.90. The maximum absolute atomic E-state index is 9.60. The maximum Gasteiger partial charge on any atom is 0.268 e. The number of hydrogen-bond donors (Lipinski definition) is 1. The van der Waals surface area contributed by atoms with E-state index in [-0.39, 0.29) is 17.2 Å². The minimum atomic E-state index is 0.0286. The molecule has 0 saturated carbocycles. The van der Waals surface area contributed by atoms with E-state index in [2.05, 4.69) is 10.1 Å². The molecule has 0 aliphatic heterocycles. The molecule has 0 fully saturated rings. The lowest BCUT2D eigenvalue weighted by molar-refractivity contribution is 0.373. The molecular formula is C16H11N3O3S. The number of benzene rings is 1. The Labute approximate surface area is 135 Å². The van der Waals surface area contributed by atoms with E-state index in [0.717, 1.165) is 4.88 Å². The van der Waals surface area contributed by atoms with E-state index in [1.807, 2.05) is 23.6 Å². The van der Waals surface area contributed by atoms with Crippen molar-refractivity contribution in [2.75, 3.05) is 7.11 Å². The van der Waals surface area contributed by atoms with Gasteiger partial charge in [-0.2, -0.15) is 10.2 Å². The molecule has 0 unspecified atom stereocenters. The Bertz CT molecular complexity index is 892. The molecule has 0 spiro atoms. The number of phenols is 1. The number of aromatic hydroxyl groups is 1. The molecule has 23 heavy (non-hydrogen) atoms. The summed E-state index contributed by atoms with van der Waals surface area (Å²) < 4.78 is 10.2. The zero-order valence-corrected chi connectivity index (χ0v) is 12.9. The lowest BCUT2D eigenvalue weighted by atomic mass is 10.1. The molecule has 0 amide bonds. The monoisotopic (exact) mass is 325 g/mol. The largest absolute Gasteiger partial charge is 0.504 e. The van der Waals surface area contributed by atoms with Gasteiger partial charge in [0.15, 0.2) is 11.5 Å². The molecule has 1 aromatic carbocycles. The van der Waals surface area contributed by atoms with Crippen molar-refractivity contribution in [1.29, 1.82) is 5.26 Å². The third-order valence-electron chi connectivity index (χ3n) is 3.03. The van der Waals surface area contributed by atoms with Crippen LogP contribution in [0.5, 0.6) is 11.5 Å². The third kappa shape index (κ3) is 3.07. The minimum absolute atomic E-state index is 0.0286. The van der Waals surface area contributed by atoms with Crippen molar-refractivity contribution in [3.63, 3.8) is 0 Å². The summed E-state index contributed by atoms with van der Waals surface area (Å²) in [4.78, 5) is 5.11. The van der Waals surface area contributed by atoms with Gasteiger partial charge in [-0.05, 0) is 35.2 Å². The van der Waals surface area contributed by atoms with Crippen LogP contribution < -0.4 is 4.74 Å². The average molecular weight is 325 g/mol. The Morgan fingerprint density at radius 2 is 2.30 bits per heavy atom. The summed E-state index contributed by atoms with van der Waals surface area (Å²) in [6.07, 6.45) is 1.59. The van der Waals surface area contributed by atoms with E-state index in [1.54, 1.807) is 18.2 Å². The minimum Gasteiger partial charge on any atom is -0.504 e. The molecule has 0 bridgehead atoms. The van der Waals surface area contributed by atoms with Gasteiger partial charge in [0.2, 0.25) is 5.82 Å². The van der Waals surface area contributed by atoms with E-state index in [0.29, 0.717) is 17.1 Å². The van der Waals surface area contributed by atoms with Crippen LogP contribution in [-0.4, -0.2) is 22.4 Å². The van der Waals surface area contributed by atoms with E-state index in [9.17, 15) is 10.4 Å². The van der Waals surface area contributed by atoms with Crippen LogP contribution in [0, 0.1) is 11.3 Å². The molecule has 3 aromatic rings. The Morgan fingerprint density at radius 1 is 1.43 bits per heavy atom. The summed E-state index contributed by atoms with van der Waals surface area (Å²) in [7, 11) is 1.46. The summed E-state index contributed by atoms with van der Waals surface area (Å²) >= 11 is 1.49. The second kappa shape index (κ2) is 6.34. The van der Waals surface area contributed by atoms with Gasteiger partial charge in [-0.25, -0.2) is 0 Å². The lowest BCUT2D eigenvalue weighted by Crippen LogP contribution is -1.86. The first-order chi connectivity index (χ1) is 11.2. The molecule has 0 aliphatic carbocycles. The second-order valence-corrected chi connectivity index (χ2v) is 5.45.